The monoisotopic (exact) mass is 259 g/mol. The summed E-state index contributed by atoms with van der Waals surface area (Å²) in [7, 11) is 2.22. The highest BCUT2D eigenvalue weighted by molar-refractivity contribution is 5.11. The second-order valence-corrected chi connectivity index (χ2v) is 6.46. The van der Waals surface area contributed by atoms with Gasteiger partial charge in [0.05, 0.1) is 11.4 Å². The van der Waals surface area contributed by atoms with Crippen molar-refractivity contribution in [3.05, 3.63) is 29.6 Å². The third-order valence-electron chi connectivity index (χ3n) is 4.94. The maximum atomic E-state index is 5.65. The number of fused-ring (bicyclic) bond motifs is 2. The fraction of sp³-hybridized carbons (Fsp3) is 0.688. The van der Waals surface area contributed by atoms with Gasteiger partial charge in [0.1, 0.15) is 0 Å². The SMILES string of the molecule is CN(Cc1cccc(CN)n1)CC1CC2CCC1C2. The van der Waals surface area contributed by atoms with Gasteiger partial charge in [-0.1, -0.05) is 12.5 Å². The molecule has 3 rings (SSSR count). The molecule has 3 unspecified atom stereocenters. The van der Waals surface area contributed by atoms with Crippen molar-refractivity contribution in [3.63, 3.8) is 0 Å². The predicted octanol–water partition coefficient (Wildman–Crippen LogP) is 2.41. The van der Waals surface area contributed by atoms with Crippen molar-refractivity contribution in [2.24, 2.45) is 23.5 Å². The number of rotatable bonds is 5. The standard InChI is InChI=1S/C16H25N3/c1-19(10-14-8-12-5-6-13(14)7-12)11-16-4-2-3-15(9-17)18-16/h2-4,12-14H,5-11,17H2,1H3. The number of hydrogen-bond acceptors (Lipinski definition) is 3. The fourth-order valence-electron chi connectivity index (χ4n) is 4.07. The predicted molar refractivity (Wildman–Crippen MR) is 77.4 cm³/mol. The molecule has 2 bridgehead atoms. The van der Waals surface area contributed by atoms with E-state index < -0.39 is 0 Å². The summed E-state index contributed by atoms with van der Waals surface area (Å²) in [6, 6.07) is 6.17. The van der Waals surface area contributed by atoms with Crippen LogP contribution >= 0.6 is 0 Å². The van der Waals surface area contributed by atoms with Gasteiger partial charge in [0, 0.05) is 19.6 Å². The molecule has 1 aromatic heterocycles. The van der Waals surface area contributed by atoms with Crippen LogP contribution in [-0.2, 0) is 13.1 Å². The molecule has 2 saturated carbocycles. The van der Waals surface area contributed by atoms with Crippen molar-refractivity contribution in [1.82, 2.24) is 9.88 Å². The molecule has 0 amide bonds. The number of nitrogens with zero attached hydrogens (tertiary/aromatic N) is 2. The summed E-state index contributed by atoms with van der Waals surface area (Å²) in [6.45, 7) is 2.71. The van der Waals surface area contributed by atoms with Crippen LogP contribution in [0.5, 0.6) is 0 Å². The smallest absolute Gasteiger partial charge is 0.0547 e. The van der Waals surface area contributed by atoms with E-state index in [4.69, 9.17) is 5.73 Å². The molecule has 0 aliphatic heterocycles. The maximum absolute atomic E-state index is 5.65. The minimum Gasteiger partial charge on any atom is -0.325 e. The van der Waals surface area contributed by atoms with Crippen LogP contribution in [0.4, 0.5) is 0 Å². The van der Waals surface area contributed by atoms with E-state index in [0.717, 1.165) is 35.7 Å². The molecule has 2 aliphatic rings. The Hall–Kier alpha value is -0.930. The van der Waals surface area contributed by atoms with Gasteiger partial charge in [-0.25, -0.2) is 0 Å². The number of aromatic nitrogens is 1. The molecule has 3 atom stereocenters. The van der Waals surface area contributed by atoms with E-state index in [9.17, 15) is 0 Å². The van der Waals surface area contributed by atoms with Gasteiger partial charge in [-0.15, -0.1) is 0 Å². The summed E-state index contributed by atoms with van der Waals surface area (Å²) in [6.07, 6.45) is 5.93. The Balaban J connectivity index is 1.54. The summed E-state index contributed by atoms with van der Waals surface area (Å²) < 4.78 is 0. The van der Waals surface area contributed by atoms with Gasteiger partial charge in [0.2, 0.25) is 0 Å². The van der Waals surface area contributed by atoms with E-state index >= 15 is 0 Å². The van der Waals surface area contributed by atoms with Crippen molar-refractivity contribution in [1.29, 1.82) is 0 Å². The molecule has 2 N–H and O–H groups in total. The Kier molecular flexibility index (Phi) is 3.85. The van der Waals surface area contributed by atoms with Crippen LogP contribution in [0.3, 0.4) is 0 Å². The van der Waals surface area contributed by atoms with E-state index in [2.05, 4.69) is 29.1 Å². The first-order valence-corrected chi connectivity index (χ1v) is 7.58. The van der Waals surface area contributed by atoms with E-state index in [1.54, 1.807) is 0 Å². The Morgan fingerprint density at radius 1 is 1.26 bits per heavy atom. The summed E-state index contributed by atoms with van der Waals surface area (Å²) >= 11 is 0. The highest BCUT2D eigenvalue weighted by Crippen LogP contribution is 2.48. The molecule has 2 aliphatic carbocycles. The second kappa shape index (κ2) is 5.59. The lowest BCUT2D eigenvalue weighted by Crippen LogP contribution is -2.28. The average molecular weight is 259 g/mol. The van der Waals surface area contributed by atoms with Gasteiger partial charge in [-0.2, -0.15) is 0 Å². The van der Waals surface area contributed by atoms with Crippen LogP contribution in [0, 0.1) is 17.8 Å². The topological polar surface area (TPSA) is 42.1 Å². The molecular formula is C16H25N3. The molecule has 3 nitrogen and oxygen atoms in total. The Bertz CT molecular complexity index is 432. The average Bonchev–Trinajstić information content (AvgIpc) is 3.01. The zero-order chi connectivity index (χ0) is 13.2. The summed E-state index contributed by atoms with van der Waals surface area (Å²) in [5.41, 5.74) is 7.78. The normalized spacial score (nSPS) is 29.3. The molecule has 0 saturated heterocycles. The quantitative estimate of drug-likeness (QED) is 0.883. The molecule has 0 aromatic carbocycles. The Morgan fingerprint density at radius 2 is 2.11 bits per heavy atom. The van der Waals surface area contributed by atoms with Gasteiger partial charge in [0.15, 0.2) is 0 Å². The largest absolute Gasteiger partial charge is 0.325 e. The molecule has 0 radical (unpaired) electrons. The lowest BCUT2D eigenvalue weighted by Gasteiger charge is -2.27. The third kappa shape index (κ3) is 2.98. The number of nitrogens with two attached hydrogens (primary N) is 1. The van der Waals surface area contributed by atoms with E-state index in [1.165, 1.54) is 32.2 Å². The molecular weight excluding hydrogens is 234 g/mol. The summed E-state index contributed by atoms with van der Waals surface area (Å²) in [4.78, 5) is 7.03. The van der Waals surface area contributed by atoms with Crippen molar-refractivity contribution in [2.75, 3.05) is 13.6 Å². The zero-order valence-electron chi connectivity index (χ0n) is 11.9. The van der Waals surface area contributed by atoms with E-state index in [1.807, 2.05) is 6.07 Å². The van der Waals surface area contributed by atoms with Crippen LogP contribution in [-0.4, -0.2) is 23.5 Å². The van der Waals surface area contributed by atoms with Crippen LogP contribution < -0.4 is 5.73 Å². The minimum atomic E-state index is 0.532. The minimum absolute atomic E-state index is 0.532. The maximum Gasteiger partial charge on any atom is 0.0547 e. The van der Waals surface area contributed by atoms with E-state index in [-0.39, 0.29) is 0 Å². The van der Waals surface area contributed by atoms with Gasteiger partial charge >= 0.3 is 0 Å². The lowest BCUT2D eigenvalue weighted by molar-refractivity contribution is 0.213. The Morgan fingerprint density at radius 3 is 2.79 bits per heavy atom. The lowest BCUT2D eigenvalue weighted by atomic mass is 9.88. The highest BCUT2D eigenvalue weighted by atomic mass is 15.1. The van der Waals surface area contributed by atoms with Crippen molar-refractivity contribution >= 4 is 0 Å². The summed E-state index contributed by atoms with van der Waals surface area (Å²) in [5.74, 6) is 2.99. The van der Waals surface area contributed by atoms with Crippen LogP contribution in [0.2, 0.25) is 0 Å². The number of pyridine rings is 1. The van der Waals surface area contributed by atoms with E-state index in [0.29, 0.717) is 6.54 Å². The third-order valence-corrected chi connectivity index (χ3v) is 4.94. The van der Waals surface area contributed by atoms with Crippen LogP contribution in [0.15, 0.2) is 18.2 Å². The van der Waals surface area contributed by atoms with Gasteiger partial charge in [0.25, 0.3) is 0 Å². The molecule has 2 fully saturated rings. The van der Waals surface area contributed by atoms with Crippen LogP contribution in [0.25, 0.3) is 0 Å². The molecule has 104 valence electrons. The number of hydrogen-bond donors (Lipinski definition) is 1. The first-order chi connectivity index (χ1) is 9.24. The first kappa shape index (κ1) is 13.1. The van der Waals surface area contributed by atoms with Crippen LogP contribution in [0.1, 0.15) is 37.1 Å². The molecule has 3 heteroatoms. The van der Waals surface area contributed by atoms with Crippen molar-refractivity contribution < 1.29 is 0 Å². The summed E-state index contributed by atoms with van der Waals surface area (Å²) in [5, 5.41) is 0. The van der Waals surface area contributed by atoms with Gasteiger partial charge in [-0.3, -0.25) is 4.98 Å². The molecule has 19 heavy (non-hydrogen) atoms. The van der Waals surface area contributed by atoms with Gasteiger partial charge < -0.3 is 10.6 Å². The molecule has 0 spiro atoms. The second-order valence-electron chi connectivity index (χ2n) is 6.46. The highest BCUT2D eigenvalue weighted by Gasteiger charge is 2.39. The van der Waals surface area contributed by atoms with Gasteiger partial charge in [-0.05, 0) is 56.2 Å². The van der Waals surface area contributed by atoms with Crippen molar-refractivity contribution in [3.8, 4) is 0 Å². The Labute approximate surface area is 116 Å². The zero-order valence-corrected chi connectivity index (χ0v) is 11.9. The first-order valence-electron chi connectivity index (χ1n) is 7.58. The molecule has 1 heterocycles. The van der Waals surface area contributed by atoms with Crippen molar-refractivity contribution in [2.45, 2.75) is 38.8 Å². The fourth-order valence-corrected chi connectivity index (χ4v) is 4.07. The molecule has 1 aromatic rings.